The first-order valence-corrected chi connectivity index (χ1v) is 8.71. The van der Waals surface area contributed by atoms with E-state index < -0.39 is 0 Å². The Balaban J connectivity index is 1.59. The molecule has 25 heavy (non-hydrogen) atoms. The Labute approximate surface area is 149 Å². The first-order valence-electron chi connectivity index (χ1n) is 7.83. The SMILES string of the molecule is COc1cccc(C=NC2=N[C@H](c3ccco3)[C@H](c3ccco3)S2)c1. The van der Waals surface area contributed by atoms with E-state index in [0.29, 0.717) is 5.17 Å². The number of ether oxygens (including phenoxy) is 1. The van der Waals surface area contributed by atoms with Crippen molar-refractivity contribution in [2.45, 2.75) is 11.3 Å². The lowest BCUT2D eigenvalue weighted by atomic mass is 10.1. The van der Waals surface area contributed by atoms with Gasteiger partial charge in [0.1, 0.15) is 28.6 Å². The molecule has 0 saturated heterocycles. The number of amidine groups is 1. The van der Waals surface area contributed by atoms with Crippen molar-refractivity contribution in [1.29, 1.82) is 0 Å². The van der Waals surface area contributed by atoms with Crippen molar-refractivity contribution in [2.75, 3.05) is 7.11 Å². The molecule has 126 valence electrons. The molecule has 0 fully saturated rings. The fourth-order valence-corrected chi connectivity index (χ4v) is 3.74. The molecule has 0 amide bonds. The predicted molar refractivity (Wildman–Crippen MR) is 98.5 cm³/mol. The molecule has 2 atom stereocenters. The smallest absolute Gasteiger partial charge is 0.184 e. The summed E-state index contributed by atoms with van der Waals surface area (Å²) in [6.45, 7) is 0. The first-order chi connectivity index (χ1) is 12.3. The molecule has 0 unspecified atom stereocenters. The van der Waals surface area contributed by atoms with Crippen LogP contribution in [-0.4, -0.2) is 18.5 Å². The fraction of sp³-hybridized carbons (Fsp3) is 0.158. The van der Waals surface area contributed by atoms with Gasteiger partial charge in [-0.05, 0) is 42.0 Å². The maximum Gasteiger partial charge on any atom is 0.184 e. The number of hydrogen-bond acceptors (Lipinski definition) is 6. The van der Waals surface area contributed by atoms with Gasteiger partial charge < -0.3 is 13.6 Å². The topological polar surface area (TPSA) is 60.2 Å². The second-order valence-electron chi connectivity index (χ2n) is 5.46. The van der Waals surface area contributed by atoms with Crippen LogP contribution in [0.2, 0.25) is 0 Å². The van der Waals surface area contributed by atoms with E-state index in [-0.39, 0.29) is 11.3 Å². The van der Waals surface area contributed by atoms with Crippen LogP contribution in [0.25, 0.3) is 0 Å². The summed E-state index contributed by atoms with van der Waals surface area (Å²) in [7, 11) is 1.65. The highest BCUT2D eigenvalue weighted by Crippen LogP contribution is 2.48. The minimum absolute atomic E-state index is 0.0126. The molecule has 4 rings (SSSR count). The Morgan fingerprint density at radius 3 is 2.60 bits per heavy atom. The van der Waals surface area contributed by atoms with E-state index >= 15 is 0 Å². The molecule has 0 spiro atoms. The summed E-state index contributed by atoms with van der Waals surface area (Å²) >= 11 is 1.57. The van der Waals surface area contributed by atoms with Gasteiger partial charge in [0, 0.05) is 6.21 Å². The zero-order valence-electron chi connectivity index (χ0n) is 13.5. The van der Waals surface area contributed by atoms with Crippen LogP contribution in [0.4, 0.5) is 0 Å². The summed E-state index contributed by atoms with van der Waals surface area (Å²) in [6, 6.07) is 15.2. The zero-order chi connectivity index (χ0) is 17.1. The molecule has 3 aromatic rings. The number of hydrogen-bond donors (Lipinski definition) is 0. The Kier molecular flexibility index (Phi) is 4.43. The summed E-state index contributed by atoms with van der Waals surface area (Å²) in [5, 5.41) is 0.712. The first kappa shape index (κ1) is 15.8. The number of methoxy groups -OCH3 is 1. The lowest BCUT2D eigenvalue weighted by Gasteiger charge is -2.11. The van der Waals surface area contributed by atoms with E-state index in [2.05, 4.69) is 4.99 Å². The second kappa shape index (κ2) is 7.03. The van der Waals surface area contributed by atoms with Gasteiger partial charge in [-0.3, -0.25) is 0 Å². The van der Waals surface area contributed by atoms with Crippen molar-refractivity contribution < 1.29 is 13.6 Å². The van der Waals surface area contributed by atoms with Gasteiger partial charge in [-0.2, -0.15) is 0 Å². The van der Waals surface area contributed by atoms with E-state index in [0.717, 1.165) is 22.8 Å². The van der Waals surface area contributed by atoms with Crippen LogP contribution in [-0.2, 0) is 0 Å². The lowest BCUT2D eigenvalue weighted by Crippen LogP contribution is -1.99. The number of furan rings is 2. The minimum Gasteiger partial charge on any atom is -0.497 e. The van der Waals surface area contributed by atoms with Crippen molar-refractivity contribution in [2.24, 2.45) is 9.98 Å². The number of aliphatic imine (C=N–C) groups is 2. The predicted octanol–water partition coefficient (Wildman–Crippen LogP) is 4.89. The molecule has 0 saturated carbocycles. The third-order valence-corrected chi connectivity index (χ3v) is 5.01. The molecule has 1 aliphatic rings. The van der Waals surface area contributed by atoms with E-state index in [9.17, 15) is 0 Å². The van der Waals surface area contributed by atoms with Crippen molar-refractivity contribution in [1.82, 2.24) is 0 Å². The maximum absolute atomic E-state index is 5.58. The maximum atomic E-state index is 5.58. The Morgan fingerprint density at radius 1 is 1.08 bits per heavy atom. The molecule has 3 heterocycles. The summed E-state index contributed by atoms with van der Waals surface area (Å²) in [4.78, 5) is 9.26. The zero-order valence-corrected chi connectivity index (χ0v) is 14.3. The van der Waals surface area contributed by atoms with E-state index in [1.165, 1.54) is 0 Å². The van der Waals surface area contributed by atoms with E-state index in [1.807, 2.05) is 48.5 Å². The fourth-order valence-electron chi connectivity index (χ4n) is 2.65. The van der Waals surface area contributed by atoms with Crippen LogP contribution in [0.15, 0.2) is 79.9 Å². The highest BCUT2D eigenvalue weighted by molar-refractivity contribution is 8.14. The molecule has 0 radical (unpaired) electrons. The molecule has 2 aromatic heterocycles. The molecule has 6 heteroatoms. The summed E-state index contributed by atoms with van der Waals surface area (Å²) in [5.74, 6) is 2.47. The monoisotopic (exact) mass is 352 g/mol. The highest BCUT2D eigenvalue weighted by atomic mass is 32.2. The summed E-state index contributed by atoms with van der Waals surface area (Å²) < 4.78 is 16.4. The highest BCUT2D eigenvalue weighted by Gasteiger charge is 2.36. The minimum atomic E-state index is -0.149. The van der Waals surface area contributed by atoms with Crippen LogP contribution in [0.5, 0.6) is 5.75 Å². The van der Waals surface area contributed by atoms with Gasteiger partial charge in [0.15, 0.2) is 5.17 Å². The van der Waals surface area contributed by atoms with Crippen molar-refractivity contribution in [3.63, 3.8) is 0 Å². The normalized spacial score (nSPS) is 20.1. The van der Waals surface area contributed by atoms with Crippen LogP contribution in [0.3, 0.4) is 0 Å². The van der Waals surface area contributed by atoms with E-state index in [1.54, 1.807) is 37.6 Å². The second-order valence-corrected chi connectivity index (χ2v) is 6.57. The van der Waals surface area contributed by atoms with Gasteiger partial charge in [0.25, 0.3) is 0 Å². The van der Waals surface area contributed by atoms with Crippen molar-refractivity contribution >= 4 is 23.1 Å². The molecule has 0 aliphatic carbocycles. The van der Waals surface area contributed by atoms with Gasteiger partial charge >= 0.3 is 0 Å². The Morgan fingerprint density at radius 2 is 1.88 bits per heavy atom. The summed E-state index contributed by atoms with van der Waals surface area (Å²) in [5.41, 5.74) is 0.957. The van der Waals surface area contributed by atoms with Crippen molar-refractivity contribution in [3.8, 4) is 5.75 Å². The largest absolute Gasteiger partial charge is 0.497 e. The molecular weight excluding hydrogens is 336 g/mol. The van der Waals surface area contributed by atoms with Crippen molar-refractivity contribution in [3.05, 3.63) is 78.1 Å². The van der Waals surface area contributed by atoms with Gasteiger partial charge in [-0.1, -0.05) is 23.9 Å². The molecular formula is C19H16N2O3S. The average molecular weight is 352 g/mol. The Bertz CT molecular complexity index is 885. The van der Waals surface area contributed by atoms with Crippen LogP contribution in [0.1, 0.15) is 28.4 Å². The number of benzene rings is 1. The van der Waals surface area contributed by atoms with Gasteiger partial charge in [-0.25, -0.2) is 9.98 Å². The van der Waals surface area contributed by atoms with Gasteiger partial charge in [0.05, 0.1) is 19.6 Å². The molecule has 1 aromatic carbocycles. The number of nitrogens with zero attached hydrogens (tertiary/aromatic N) is 2. The third kappa shape index (κ3) is 3.39. The Hall–Kier alpha value is -2.73. The number of thioether (sulfide) groups is 1. The van der Waals surface area contributed by atoms with Crippen LogP contribution in [0, 0.1) is 0 Å². The van der Waals surface area contributed by atoms with Gasteiger partial charge in [0.2, 0.25) is 0 Å². The third-order valence-electron chi connectivity index (χ3n) is 3.84. The molecule has 1 aliphatic heterocycles. The average Bonchev–Trinajstić information content (AvgIpc) is 3.40. The lowest BCUT2D eigenvalue weighted by molar-refractivity contribution is 0.415. The van der Waals surface area contributed by atoms with Crippen LogP contribution < -0.4 is 4.74 Å². The molecule has 0 bridgehead atoms. The number of rotatable bonds is 4. The van der Waals surface area contributed by atoms with E-state index in [4.69, 9.17) is 18.6 Å². The molecule has 0 N–H and O–H groups in total. The molecule has 5 nitrogen and oxygen atoms in total. The quantitative estimate of drug-likeness (QED) is 0.628. The van der Waals surface area contributed by atoms with Gasteiger partial charge in [-0.15, -0.1) is 0 Å². The van der Waals surface area contributed by atoms with Crippen LogP contribution >= 0.6 is 11.8 Å². The summed E-state index contributed by atoms with van der Waals surface area (Å²) in [6.07, 6.45) is 5.12. The standard InChI is InChI=1S/C19H16N2O3S/c1-22-14-6-2-5-13(11-14)12-20-19-21-17(15-7-3-9-23-15)18(25-19)16-8-4-10-24-16/h2-12,17-18H,1H3/t17-,18+/m1/s1.